The number of nitrogens with one attached hydrogen (secondary N) is 1. The van der Waals surface area contributed by atoms with Crippen molar-refractivity contribution >= 4 is 5.69 Å². The van der Waals surface area contributed by atoms with Gasteiger partial charge in [0, 0.05) is 29.9 Å². The van der Waals surface area contributed by atoms with Gasteiger partial charge in [-0.1, -0.05) is 24.3 Å². The molecule has 0 unspecified atom stereocenters. The van der Waals surface area contributed by atoms with E-state index in [2.05, 4.69) is 16.3 Å². The number of hydrogen-bond acceptors (Lipinski definition) is 3. The van der Waals surface area contributed by atoms with Crippen molar-refractivity contribution in [3.8, 4) is 5.75 Å². The van der Waals surface area contributed by atoms with E-state index in [-0.39, 0.29) is 5.82 Å². The Balaban J connectivity index is 1.96. The number of benzene rings is 2. The van der Waals surface area contributed by atoms with E-state index in [0.717, 1.165) is 30.1 Å². The molecule has 0 spiro atoms. The summed E-state index contributed by atoms with van der Waals surface area (Å²) in [5, 5.41) is 3.04. The maximum absolute atomic E-state index is 14.1. The van der Waals surface area contributed by atoms with E-state index in [1.807, 2.05) is 31.3 Å². The van der Waals surface area contributed by atoms with Crippen LogP contribution in [0.25, 0.3) is 0 Å². The molecule has 0 bridgehead atoms. The molecule has 1 aliphatic rings. The number of anilines is 1. The van der Waals surface area contributed by atoms with Crippen molar-refractivity contribution in [2.75, 3.05) is 25.1 Å². The van der Waals surface area contributed by atoms with Gasteiger partial charge in [0.05, 0.1) is 6.54 Å². The zero-order valence-electron chi connectivity index (χ0n) is 12.1. The minimum atomic E-state index is -0.166. The first kappa shape index (κ1) is 13.9. The summed E-state index contributed by atoms with van der Waals surface area (Å²) in [6, 6.07) is 13.3. The molecule has 2 aromatic carbocycles. The summed E-state index contributed by atoms with van der Waals surface area (Å²) in [5.41, 5.74) is 2.78. The Morgan fingerprint density at radius 1 is 1.19 bits per heavy atom. The first-order valence-corrected chi connectivity index (χ1v) is 7.17. The highest BCUT2D eigenvalue weighted by Gasteiger charge is 2.19. The minimum Gasteiger partial charge on any atom is -0.491 e. The van der Waals surface area contributed by atoms with Gasteiger partial charge in [-0.25, -0.2) is 4.39 Å². The molecular formula is C17H19FN2O. The molecule has 0 atom stereocenters. The van der Waals surface area contributed by atoms with Crippen LogP contribution >= 0.6 is 0 Å². The summed E-state index contributed by atoms with van der Waals surface area (Å²) in [6.45, 7) is 2.60. The predicted molar refractivity (Wildman–Crippen MR) is 82.2 cm³/mol. The lowest BCUT2D eigenvalue weighted by molar-refractivity contribution is 0.331. The van der Waals surface area contributed by atoms with Crippen LogP contribution < -0.4 is 15.0 Å². The maximum Gasteiger partial charge on any atom is 0.129 e. The highest BCUT2D eigenvalue weighted by molar-refractivity contribution is 5.55. The van der Waals surface area contributed by atoms with Crippen molar-refractivity contribution in [2.24, 2.45) is 0 Å². The van der Waals surface area contributed by atoms with Gasteiger partial charge in [0.15, 0.2) is 0 Å². The highest BCUT2D eigenvalue weighted by Crippen LogP contribution is 2.29. The van der Waals surface area contributed by atoms with E-state index in [0.29, 0.717) is 18.7 Å². The molecule has 1 heterocycles. The number of ether oxygens (including phenoxy) is 1. The first-order chi connectivity index (χ1) is 10.3. The average Bonchev–Trinajstić information content (AvgIpc) is 2.71. The molecule has 3 rings (SSSR count). The molecule has 3 nitrogen and oxygen atoms in total. The van der Waals surface area contributed by atoms with Crippen LogP contribution in [0.15, 0.2) is 42.5 Å². The topological polar surface area (TPSA) is 24.5 Å². The first-order valence-electron chi connectivity index (χ1n) is 7.17. The fourth-order valence-corrected chi connectivity index (χ4v) is 2.73. The van der Waals surface area contributed by atoms with Crippen LogP contribution in [-0.4, -0.2) is 20.2 Å². The van der Waals surface area contributed by atoms with E-state index in [1.165, 1.54) is 6.07 Å². The van der Waals surface area contributed by atoms with E-state index in [9.17, 15) is 4.39 Å². The second-order valence-corrected chi connectivity index (χ2v) is 5.15. The van der Waals surface area contributed by atoms with Gasteiger partial charge in [0.2, 0.25) is 0 Å². The zero-order valence-corrected chi connectivity index (χ0v) is 12.1. The van der Waals surface area contributed by atoms with Gasteiger partial charge in [-0.15, -0.1) is 0 Å². The molecule has 1 N–H and O–H groups in total. The molecule has 0 amide bonds. The molecule has 0 saturated carbocycles. The number of fused-ring (bicyclic) bond motifs is 1. The van der Waals surface area contributed by atoms with Gasteiger partial charge in [-0.3, -0.25) is 0 Å². The Morgan fingerprint density at radius 3 is 2.90 bits per heavy atom. The van der Waals surface area contributed by atoms with Crippen molar-refractivity contribution in [1.29, 1.82) is 0 Å². The Labute approximate surface area is 124 Å². The molecule has 21 heavy (non-hydrogen) atoms. The van der Waals surface area contributed by atoms with Crippen molar-refractivity contribution in [1.82, 2.24) is 5.32 Å². The summed E-state index contributed by atoms with van der Waals surface area (Å²) >= 11 is 0. The third kappa shape index (κ3) is 2.85. The predicted octanol–water partition coefficient (Wildman–Crippen LogP) is 2.94. The maximum atomic E-state index is 14.1. The fraction of sp³-hybridized carbons (Fsp3) is 0.294. The van der Waals surface area contributed by atoms with Crippen LogP contribution in [0.3, 0.4) is 0 Å². The quantitative estimate of drug-likeness (QED) is 0.939. The molecule has 110 valence electrons. The van der Waals surface area contributed by atoms with Gasteiger partial charge in [-0.05, 0) is 25.2 Å². The Kier molecular flexibility index (Phi) is 4.06. The summed E-state index contributed by atoms with van der Waals surface area (Å²) in [7, 11) is 1.83. The van der Waals surface area contributed by atoms with E-state index >= 15 is 0 Å². The Morgan fingerprint density at radius 2 is 2.05 bits per heavy atom. The number of halogens is 1. The second-order valence-electron chi connectivity index (χ2n) is 5.15. The standard InChI is InChI=1S/C17H19FN2O/c1-19-11-14-15(18)6-4-7-16(14)20-9-10-21-17-8-3-2-5-13(17)12-20/h2-8,19H,9-12H2,1H3. The average molecular weight is 286 g/mol. The van der Waals surface area contributed by atoms with Gasteiger partial charge in [0.25, 0.3) is 0 Å². The molecule has 4 heteroatoms. The van der Waals surface area contributed by atoms with Gasteiger partial charge in [-0.2, -0.15) is 0 Å². The molecule has 1 aliphatic heterocycles. The van der Waals surface area contributed by atoms with Crippen LogP contribution in [0, 0.1) is 5.82 Å². The summed E-state index contributed by atoms with van der Waals surface area (Å²) < 4.78 is 19.9. The Bertz CT molecular complexity index is 630. The monoisotopic (exact) mass is 286 g/mol. The molecule has 0 aromatic heterocycles. The lowest BCUT2D eigenvalue weighted by atomic mass is 10.1. The molecule has 0 saturated heterocycles. The SMILES string of the molecule is CNCc1c(F)cccc1N1CCOc2ccccc2C1. The van der Waals surface area contributed by atoms with E-state index < -0.39 is 0 Å². The zero-order chi connectivity index (χ0) is 14.7. The minimum absolute atomic E-state index is 0.166. The molecular weight excluding hydrogens is 267 g/mol. The van der Waals surface area contributed by atoms with E-state index in [4.69, 9.17) is 4.74 Å². The van der Waals surface area contributed by atoms with Gasteiger partial charge in [0.1, 0.15) is 18.2 Å². The number of rotatable bonds is 3. The van der Waals surface area contributed by atoms with Crippen LogP contribution in [-0.2, 0) is 13.1 Å². The van der Waals surface area contributed by atoms with Crippen LogP contribution in [0.5, 0.6) is 5.75 Å². The fourth-order valence-electron chi connectivity index (χ4n) is 2.73. The number of para-hydroxylation sites is 1. The normalized spacial score (nSPS) is 14.3. The molecule has 2 aromatic rings. The van der Waals surface area contributed by atoms with Gasteiger partial charge < -0.3 is 15.0 Å². The third-order valence-electron chi connectivity index (χ3n) is 3.74. The van der Waals surface area contributed by atoms with Crippen molar-refractivity contribution in [2.45, 2.75) is 13.1 Å². The lowest BCUT2D eigenvalue weighted by Gasteiger charge is -2.25. The molecule has 0 aliphatic carbocycles. The van der Waals surface area contributed by atoms with Crippen LogP contribution in [0.1, 0.15) is 11.1 Å². The van der Waals surface area contributed by atoms with Crippen molar-refractivity contribution < 1.29 is 9.13 Å². The number of hydrogen-bond donors (Lipinski definition) is 1. The summed E-state index contributed by atoms with van der Waals surface area (Å²) in [5.74, 6) is 0.756. The summed E-state index contributed by atoms with van der Waals surface area (Å²) in [4.78, 5) is 2.18. The van der Waals surface area contributed by atoms with Crippen molar-refractivity contribution in [3.05, 3.63) is 59.4 Å². The molecule has 0 fully saturated rings. The van der Waals surface area contributed by atoms with E-state index in [1.54, 1.807) is 6.07 Å². The smallest absolute Gasteiger partial charge is 0.129 e. The second kappa shape index (κ2) is 6.14. The Hall–Kier alpha value is -2.07. The van der Waals surface area contributed by atoms with Gasteiger partial charge >= 0.3 is 0 Å². The third-order valence-corrected chi connectivity index (χ3v) is 3.74. The van der Waals surface area contributed by atoms with Crippen molar-refractivity contribution in [3.63, 3.8) is 0 Å². The largest absolute Gasteiger partial charge is 0.491 e. The van der Waals surface area contributed by atoms with Crippen LogP contribution in [0.4, 0.5) is 10.1 Å². The van der Waals surface area contributed by atoms with Crippen LogP contribution in [0.2, 0.25) is 0 Å². The lowest BCUT2D eigenvalue weighted by Crippen LogP contribution is -2.27. The summed E-state index contributed by atoms with van der Waals surface area (Å²) in [6.07, 6.45) is 0. The molecule has 0 radical (unpaired) electrons. The highest BCUT2D eigenvalue weighted by atomic mass is 19.1. The number of nitrogens with zero attached hydrogens (tertiary/aromatic N) is 1.